The Morgan fingerprint density at radius 3 is 2.64 bits per heavy atom. The van der Waals surface area contributed by atoms with Crippen LogP contribution in [-0.2, 0) is 9.59 Å². The first kappa shape index (κ1) is 10.6. The quantitative estimate of drug-likeness (QED) is 0.776. The van der Waals surface area contributed by atoms with Crippen molar-refractivity contribution >= 4 is 23.2 Å². The first-order valence-corrected chi connectivity index (χ1v) is 4.80. The van der Waals surface area contributed by atoms with Gasteiger partial charge in [0.05, 0.1) is 0 Å². The zero-order valence-electron chi connectivity index (χ0n) is 7.77. The van der Waals surface area contributed by atoms with E-state index in [1.807, 2.05) is 0 Å². The lowest BCUT2D eigenvalue weighted by atomic mass is 10.3. The molecule has 1 atom stereocenters. The first-order chi connectivity index (χ1) is 6.50. The van der Waals surface area contributed by atoms with Crippen LogP contribution in [-0.4, -0.2) is 22.0 Å². The molecule has 0 bridgehead atoms. The van der Waals surface area contributed by atoms with Crippen LogP contribution >= 0.6 is 11.3 Å². The van der Waals surface area contributed by atoms with Crippen molar-refractivity contribution in [3.63, 3.8) is 0 Å². The summed E-state index contributed by atoms with van der Waals surface area (Å²) in [5.41, 5.74) is 0.751. The van der Waals surface area contributed by atoms with Crippen LogP contribution in [0.15, 0.2) is 5.38 Å². The van der Waals surface area contributed by atoms with E-state index in [0.29, 0.717) is 5.01 Å². The van der Waals surface area contributed by atoms with Gasteiger partial charge in [0.25, 0.3) is 0 Å². The number of hydrogen-bond acceptors (Lipinski definition) is 4. The number of nitrogens with one attached hydrogen (secondary N) is 1. The van der Waals surface area contributed by atoms with E-state index < -0.39 is 12.0 Å². The summed E-state index contributed by atoms with van der Waals surface area (Å²) in [4.78, 5) is 25.5. The van der Waals surface area contributed by atoms with Crippen molar-refractivity contribution in [2.45, 2.75) is 19.9 Å². The summed E-state index contributed by atoms with van der Waals surface area (Å²) in [6, 6.07) is -1.04. The van der Waals surface area contributed by atoms with E-state index in [1.165, 1.54) is 18.3 Å². The second-order valence-corrected chi connectivity index (χ2v) is 3.69. The Labute approximate surface area is 84.8 Å². The van der Waals surface area contributed by atoms with Crippen molar-refractivity contribution in [2.24, 2.45) is 0 Å². The number of carbonyl (C=O) groups excluding carboxylic acids is 1. The number of amides is 1. The maximum atomic E-state index is 10.8. The van der Waals surface area contributed by atoms with Crippen molar-refractivity contribution in [1.29, 1.82) is 0 Å². The fourth-order valence-corrected chi connectivity index (χ4v) is 1.77. The fraction of sp³-hybridized carbons (Fsp3) is 0.375. The smallest absolute Gasteiger partial charge is 0.333 e. The summed E-state index contributed by atoms with van der Waals surface area (Å²) in [5, 5.41) is 13.3. The highest BCUT2D eigenvalue weighted by Gasteiger charge is 2.23. The molecule has 1 aromatic rings. The summed E-state index contributed by atoms with van der Waals surface area (Å²) in [6.07, 6.45) is 0. The Kier molecular flexibility index (Phi) is 3.19. The topological polar surface area (TPSA) is 79.3 Å². The average molecular weight is 214 g/mol. The normalized spacial score (nSPS) is 12.1. The van der Waals surface area contributed by atoms with E-state index in [4.69, 9.17) is 5.11 Å². The van der Waals surface area contributed by atoms with Gasteiger partial charge < -0.3 is 10.4 Å². The Balaban J connectivity index is 2.88. The molecule has 1 heterocycles. The monoisotopic (exact) mass is 214 g/mol. The number of nitrogens with zero attached hydrogens (tertiary/aromatic N) is 1. The molecule has 0 aliphatic heterocycles. The van der Waals surface area contributed by atoms with Gasteiger partial charge in [-0.15, -0.1) is 11.3 Å². The zero-order chi connectivity index (χ0) is 10.7. The summed E-state index contributed by atoms with van der Waals surface area (Å²) < 4.78 is 0. The van der Waals surface area contributed by atoms with Gasteiger partial charge in [-0.1, -0.05) is 0 Å². The lowest BCUT2D eigenvalue weighted by molar-refractivity contribution is -0.141. The third-order valence-electron chi connectivity index (χ3n) is 1.48. The number of rotatable bonds is 3. The predicted octanol–water partition coefficient (Wildman–Crippen LogP) is 0.713. The van der Waals surface area contributed by atoms with Gasteiger partial charge in [0.1, 0.15) is 5.01 Å². The van der Waals surface area contributed by atoms with Gasteiger partial charge in [0.2, 0.25) is 5.91 Å². The summed E-state index contributed by atoms with van der Waals surface area (Å²) in [5.74, 6) is -1.49. The van der Waals surface area contributed by atoms with Crippen LogP contribution in [0.4, 0.5) is 0 Å². The lowest BCUT2D eigenvalue weighted by Crippen LogP contribution is -2.31. The highest BCUT2D eigenvalue weighted by atomic mass is 32.1. The minimum absolute atomic E-state index is 0.384. The number of aromatic nitrogens is 1. The molecule has 1 rings (SSSR count). The molecule has 6 heteroatoms. The van der Waals surface area contributed by atoms with Crippen LogP contribution in [0.2, 0.25) is 0 Å². The number of aliphatic carboxylic acids is 1. The van der Waals surface area contributed by atoms with Crippen LogP contribution in [0.3, 0.4) is 0 Å². The van der Waals surface area contributed by atoms with Crippen LogP contribution in [0.5, 0.6) is 0 Å². The summed E-state index contributed by atoms with van der Waals surface area (Å²) in [7, 11) is 0. The van der Waals surface area contributed by atoms with E-state index in [2.05, 4.69) is 10.3 Å². The number of thiazole rings is 1. The van der Waals surface area contributed by atoms with Gasteiger partial charge in [-0.2, -0.15) is 0 Å². The van der Waals surface area contributed by atoms with Gasteiger partial charge in [-0.25, -0.2) is 9.78 Å². The van der Waals surface area contributed by atoms with E-state index in [-0.39, 0.29) is 5.91 Å². The standard InChI is InChI=1S/C8H10N2O3S/c1-4-3-14-7(9-4)6(8(12)13)10-5(2)11/h3,6H,1-2H3,(H,10,11)(H,12,13). The SMILES string of the molecule is CC(=O)NC(C(=O)O)c1nc(C)cs1. The molecule has 2 N–H and O–H groups in total. The molecular formula is C8H10N2O3S. The molecular weight excluding hydrogens is 204 g/mol. The molecule has 14 heavy (non-hydrogen) atoms. The van der Waals surface area contributed by atoms with Crippen LogP contribution in [0, 0.1) is 6.92 Å². The molecule has 0 spiro atoms. The van der Waals surface area contributed by atoms with Crippen molar-refractivity contribution in [2.75, 3.05) is 0 Å². The molecule has 0 aliphatic carbocycles. The van der Waals surface area contributed by atoms with Crippen molar-refractivity contribution in [1.82, 2.24) is 10.3 Å². The van der Waals surface area contributed by atoms with Gasteiger partial charge in [-0.05, 0) is 6.92 Å². The number of carboxylic acid groups (broad SMARTS) is 1. The zero-order valence-corrected chi connectivity index (χ0v) is 8.59. The maximum Gasteiger partial charge on any atom is 0.333 e. The summed E-state index contributed by atoms with van der Waals surface area (Å²) in [6.45, 7) is 3.04. The fourth-order valence-electron chi connectivity index (χ4n) is 0.937. The van der Waals surface area contributed by atoms with Crippen molar-refractivity contribution in [3.05, 3.63) is 16.1 Å². The summed E-state index contributed by atoms with van der Waals surface area (Å²) >= 11 is 1.22. The molecule has 0 radical (unpaired) electrons. The molecule has 0 saturated heterocycles. The maximum absolute atomic E-state index is 10.8. The molecule has 0 aliphatic rings. The van der Waals surface area contributed by atoms with E-state index in [1.54, 1.807) is 12.3 Å². The molecule has 1 aromatic heterocycles. The third-order valence-corrected chi connectivity index (χ3v) is 2.51. The van der Waals surface area contributed by atoms with Gasteiger partial charge >= 0.3 is 5.97 Å². The minimum atomic E-state index is -1.10. The highest BCUT2D eigenvalue weighted by molar-refractivity contribution is 7.09. The Hall–Kier alpha value is -1.43. The minimum Gasteiger partial charge on any atom is -0.479 e. The number of hydrogen-bond donors (Lipinski definition) is 2. The average Bonchev–Trinajstić information content (AvgIpc) is 2.46. The molecule has 0 saturated carbocycles. The molecule has 5 nitrogen and oxygen atoms in total. The number of carboxylic acids is 1. The van der Waals surface area contributed by atoms with E-state index in [9.17, 15) is 9.59 Å². The van der Waals surface area contributed by atoms with Crippen molar-refractivity contribution < 1.29 is 14.7 Å². The second kappa shape index (κ2) is 4.19. The van der Waals surface area contributed by atoms with Crippen LogP contribution in [0.25, 0.3) is 0 Å². The Morgan fingerprint density at radius 1 is 1.64 bits per heavy atom. The molecule has 0 fully saturated rings. The molecule has 1 unspecified atom stereocenters. The highest BCUT2D eigenvalue weighted by Crippen LogP contribution is 2.18. The van der Waals surface area contributed by atoms with Crippen LogP contribution in [0.1, 0.15) is 23.7 Å². The first-order valence-electron chi connectivity index (χ1n) is 3.92. The Morgan fingerprint density at radius 2 is 2.29 bits per heavy atom. The molecule has 0 aromatic carbocycles. The largest absolute Gasteiger partial charge is 0.479 e. The molecule has 76 valence electrons. The predicted molar refractivity (Wildman–Crippen MR) is 51.0 cm³/mol. The second-order valence-electron chi connectivity index (χ2n) is 2.80. The van der Waals surface area contributed by atoms with Gasteiger partial charge in [-0.3, -0.25) is 4.79 Å². The Bertz CT molecular complexity index is 361. The molecule has 1 amide bonds. The van der Waals surface area contributed by atoms with Gasteiger partial charge in [0, 0.05) is 18.0 Å². The van der Waals surface area contributed by atoms with Gasteiger partial charge in [0.15, 0.2) is 6.04 Å². The number of carbonyl (C=O) groups is 2. The lowest BCUT2D eigenvalue weighted by Gasteiger charge is -2.09. The van der Waals surface area contributed by atoms with Crippen LogP contribution < -0.4 is 5.32 Å². The van der Waals surface area contributed by atoms with E-state index in [0.717, 1.165) is 5.69 Å². The number of aryl methyl sites for hydroxylation is 1. The van der Waals surface area contributed by atoms with Crippen molar-refractivity contribution in [3.8, 4) is 0 Å². The third kappa shape index (κ3) is 2.53. The van der Waals surface area contributed by atoms with E-state index >= 15 is 0 Å².